The standard InChI is InChI=1S/C39H62N2O9/c1-21-18-24(32(35(5,6)45)48-22(2)42)49-30-29(21)36(7)13-14-38-20-37(38)12-10-27(34(3,4)25(37)8-9-26(38)39(36,40)31(30)43)50-28-19-41(15-17-46-28)23-11-16-47-33(23)44/h21,23-32,43,45H,8-20,40H2,1-7H3/t21-,23-,24?,25+,26?,27?,28+,29+,30?,31+,32?,36?,37?,38?,39+/m1/s1. The Labute approximate surface area is 297 Å². The van der Waals surface area contributed by atoms with Gasteiger partial charge in [0.2, 0.25) is 0 Å². The molecule has 8 aliphatic rings. The molecule has 0 aromatic heterocycles. The zero-order valence-electron chi connectivity index (χ0n) is 31.3. The number of hydrogen-bond donors (Lipinski definition) is 3. The van der Waals surface area contributed by atoms with Crippen molar-refractivity contribution in [2.75, 3.05) is 26.3 Å². The van der Waals surface area contributed by atoms with Crippen molar-refractivity contribution in [2.24, 2.45) is 51.1 Å². The third kappa shape index (κ3) is 4.78. The lowest BCUT2D eigenvalue weighted by Gasteiger charge is -2.63. The Morgan fingerprint density at radius 2 is 1.78 bits per heavy atom. The smallest absolute Gasteiger partial charge is 0.323 e. The molecule has 0 amide bonds. The lowest BCUT2D eigenvalue weighted by Crippen LogP contribution is -2.70. The number of ether oxygens (including phenoxy) is 5. The average Bonchev–Trinajstić information content (AvgIpc) is 3.44. The fourth-order valence-corrected chi connectivity index (χ4v) is 14.2. The summed E-state index contributed by atoms with van der Waals surface area (Å²) in [5, 5.41) is 23.5. The number of morpholine rings is 1. The van der Waals surface area contributed by atoms with Crippen LogP contribution in [0.2, 0.25) is 0 Å². The second-order valence-corrected chi connectivity index (χ2v) is 19.3. The van der Waals surface area contributed by atoms with Crippen molar-refractivity contribution in [1.82, 2.24) is 4.90 Å². The number of aliphatic hydroxyl groups excluding tert-OH is 1. The number of fused-ring (bicyclic) bond motifs is 4. The molecule has 0 aromatic carbocycles. The maximum absolute atomic E-state index is 12.5. The van der Waals surface area contributed by atoms with Crippen molar-refractivity contribution in [3.05, 3.63) is 0 Å². The molecule has 0 radical (unpaired) electrons. The lowest BCUT2D eigenvalue weighted by molar-refractivity contribution is -0.248. The summed E-state index contributed by atoms with van der Waals surface area (Å²) in [4.78, 5) is 26.6. The summed E-state index contributed by atoms with van der Waals surface area (Å²) in [5.41, 5.74) is 5.60. The van der Waals surface area contributed by atoms with Crippen molar-refractivity contribution < 1.29 is 43.5 Å². The van der Waals surface area contributed by atoms with Crippen LogP contribution < -0.4 is 5.73 Å². The number of esters is 2. The largest absolute Gasteiger partial charge is 0.464 e. The average molecular weight is 703 g/mol. The molecule has 3 aliphatic heterocycles. The van der Waals surface area contributed by atoms with Gasteiger partial charge >= 0.3 is 11.9 Å². The van der Waals surface area contributed by atoms with Gasteiger partial charge in [0.05, 0.1) is 55.3 Å². The van der Waals surface area contributed by atoms with Gasteiger partial charge in [0, 0.05) is 19.9 Å². The maximum Gasteiger partial charge on any atom is 0.323 e. The van der Waals surface area contributed by atoms with Crippen LogP contribution >= 0.6 is 0 Å². The molecule has 3 saturated heterocycles. The highest BCUT2D eigenvalue weighted by atomic mass is 16.7. The number of hydrogen-bond acceptors (Lipinski definition) is 11. The number of cyclic esters (lactones) is 1. The van der Waals surface area contributed by atoms with Gasteiger partial charge in [-0.05, 0) is 111 Å². The van der Waals surface area contributed by atoms with E-state index in [0.29, 0.717) is 38.6 Å². The molecular weight excluding hydrogens is 640 g/mol. The van der Waals surface area contributed by atoms with Crippen LogP contribution in [-0.2, 0) is 33.3 Å². The van der Waals surface area contributed by atoms with Crippen LogP contribution in [-0.4, -0.2) is 107 Å². The van der Waals surface area contributed by atoms with Gasteiger partial charge in [-0.1, -0.05) is 27.7 Å². The minimum atomic E-state index is -1.30. The summed E-state index contributed by atoms with van der Waals surface area (Å²) in [6.45, 7) is 16.3. The summed E-state index contributed by atoms with van der Waals surface area (Å²) in [7, 11) is 0. The van der Waals surface area contributed by atoms with E-state index >= 15 is 0 Å². The number of carbonyl (C=O) groups excluding carboxylic acids is 2. The lowest BCUT2D eigenvalue weighted by atomic mass is 9.43. The Balaban J connectivity index is 1.02. The summed E-state index contributed by atoms with van der Waals surface area (Å²) < 4.78 is 30.7. The van der Waals surface area contributed by atoms with Crippen molar-refractivity contribution in [1.29, 1.82) is 0 Å². The van der Waals surface area contributed by atoms with Crippen LogP contribution in [0.1, 0.15) is 106 Å². The first-order chi connectivity index (χ1) is 23.4. The second-order valence-electron chi connectivity index (χ2n) is 19.3. The van der Waals surface area contributed by atoms with Gasteiger partial charge in [0.1, 0.15) is 6.04 Å². The number of carbonyl (C=O) groups is 2. The fourth-order valence-electron chi connectivity index (χ4n) is 14.2. The highest BCUT2D eigenvalue weighted by molar-refractivity contribution is 5.77. The Hall–Kier alpha value is -1.34. The number of nitrogens with two attached hydrogens (primary N) is 1. The Kier molecular flexibility index (Phi) is 8.26. The molecule has 282 valence electrons. The van der Waals surface area contributed by atoms with E-state index in [-0.39, 0.29) is 63.8 Å². The van der Waals surface area contributed by atoms with E-state index in [1.54, 1.807) is 13.8 Å². The molecule has 3 heterocycles. The number of aliphatic hydroxyl groups is 2. The first kappa shape index (κ1) is 35.7. The second kappa shape index (κ2) is 11.6. The van der Waals surface area contributed by atoms with Gasteiger partial charge in [-0.15, -0.1) is 0 Å². The van der Waals surface area contributed by atoms with E-state index in [9.17, 15) is 19.8 Å². The Morgan fingerprint density at radius 3 is 2.46 bits per heavy atom. The van der Waals surface area contributed by atoms with Gasteiger partial charge in [-0.25, -0.2) is 0 Å². The Morgan fingerprint density at radius 1 is 1.06 bits per heavy atom. The molecule has 50 heavy (non-hydrogen) atoms. The van der Waals surface area contributed by atoms with Crippen molar-refractivity contribution >= 4 is 11.9 Å². The highest BCUT2D eigenvalue weighted by Gasteiger charge is 2.85. The van der Waals surface area contributed by atoms with E-state index in [1.807, 2.05) is 0 Å². The van der Waals surface area contributed by atoms with Crippen LogP contribution in [0.5, 0.6) is 0 Å². The molecule has 0 bridgehead atoms. The first-order valence-corrected chi connectivity index (χ1v) is 19.6. The van der Waals surface area contributed by atoms with Crippen LogP contribution in [0.4, 0.5) is 0 Å². The monoisotopic (exact) mass is 702 g/mol. The molecule has 5 aliphatic carbocycles. The van der Waals surface area contributed by atoms with E-state index in [0.717, 1.165) is 51.4 Å². The molecule has 2 spiro atoms. The first-order valence-electron chi connectivity index (χ1n) is 19.6. The van der Waals surface area contributed by atoms with Gasteiger partial charge in [0.25, 0.3) is 0 Å². The van der Waals surface area contributed by atoms with E-state index in [4.69, 9.17) is 29.4 Å². The number of nitrogens with zero attached hydrogens (tertiary/aromatic N) is 1. The molecule has 11 heteroatoms. The molecule has 15 atom stereocenters. The molecule has 11 nitrogen and oxygen atoms in total. The number of rotatable bonds is 6. The van der Waals surface area contributed by atoms with Crippen LogP contribution in [0, 0.1) is 45.3 Å². The Bertz CT molecular complexity index is 1390. The zero-order valence-corrected chi connectivity index (χ0v) is 31.3. The normalized spacial score (nSPS) is 51.7. The van der Waals surface area contributed by atoms with E-state index < -0.39 is 41.5 Å². The van der Waals surface area contributed by atoms with Gasteiger partial charge in [-0.2, -0.15) is 0 Å². The van der Waals surface area contributed by atoms with Crippen LogP contribution in [0.15, 0.2) is 0 Å². The molecule has 0 aromatic rings. The predicted octanol–water partition coefficient (Wildman–Crippen LogP) is 3.55. The predicted molar refractivity (Wildman–Crippen MR) is 182 cm³/mol. The van der Waals surface area contributed by atoms with Crippen molar-refractivity contribution in [2.45, 2.75) is 160 Å². The molecule has 5 saturated carbocycles. The van der Waals surface area contributed by atoms with E-state index in [2.05, 4.69) is 32.6 Å². The maximum atomic E-state index is 12.5. The van der Waals surface area contributed by atoms with Crippen LogP contribution in [0.25, 0.3) is 0 Å². The van der Waals surface area contributed by atoms with E-state index in [1.165, 1.54) is 6.92 Å². The zero-order chi connectivity index (χ0) is 35.8. The molecule has 4 N–H and O–H groups in total. The summed E-state index contributed by atoms with van der Waals surface area (Å²) >= 11 is 0. The van der Waals surface area contributed by atoms with Gasteiger partial charge < -0.3 is 39.6 Å². The van der Waals surface area contributed by atoms with Gasteiger partial charge in [0.15, 0.2) is 12.4 Å². The SMILES string of the molecule is CC(=O)OC(C1C[C@@H](C)[C@H]2C(O1)[C@H](O)[C@@]1(N)C3CC[C@H]4C(C)(C)C(O[C@H]5CN([C@@H]6CCOC6=O)CCO5)CCC45CC35CCC21C)C(C)(C)O. The van der Waals surface area contributed by atoms with Gasteiger partial charge in [-0.3, -0.25) is 14.5 Å². The quantitative estimate of drug-likeness (QED) is 0.349. The summed E-state index contributed by atoms with van der Waals surface area (Å²) in [6.07, 6.45) is 5.67. The third-order valence-corrected chi connectivity index (χ3v) is 16.3. The molecule has 8 unspecified atom stereocenters. The summed E-state index contributed by atoms with van der Waals surface area (Å²) in [6, 6.07) is -0.194. The minimum absolute atomic E-state index is 0.0561. The minimum Gasteiger partial charge on any atom is -0.464 e. The fraction of sp³-hybridized carbons (Fsp3) is 0.949. The van der Waals surface area contributed by atoms with Crippen LogP contribution in [0.3, 0.4) is 0 Å². The topological polar surface area (TPSA) is 150 Å². The molecule has 8 fully saturated rings. The highest BCUT2D eigenvalue weighted by Crippen LogP contribution is 2.87. The van der Waals surface area contributed by atoms with Crippen molar-refractivity contribution in [3.63, 3.8) is 0 Å². The molecule has 8 rings (SSSR count). The third-order valence-electron chi connectivity index (χ3n) is 16.3. The summed E-state index contributed by atoms with van der Waals surface area (Å²) in [5.74, 6) is 0.335. The molecular formula is C39H62N2O9. The van der Waals surface area contributed by atoms with Crippen molar-refractivity contribution in [3.8, 4) is 0 Å².